The molecule has 0 spiro atoms. The Bertz CT molecular complexity index is 638. The predicted molar refractivity (Wildman–Crippen MR) is 85.1 cm³/mol. The van der Waals surface area contributed by atoms with Gasteiger partial charge in [0.1, 0.15) is 17.5 Å². The van der Waals surface area contributed by atoms with Gasteiger partial charge in [-0.2, -0.15) is 10.4 Å². The Hall–Kier alpha value is -1.99. The van der Waals surface area contributed by atoms with Crippen LogP contribution in [0.2, 0.25) is 5.02 Å². The molecule has 1 aromatic heterocycles. The van der Waals surface area contributed by atoms with Crippen molar-refractivity contribution >= 4 is 17.4 Å². The standard InChI is InChI=1S/C16H19ClN4/c1-2-3-4-9-21-16(19)14(11-18)15(20-21)10-12-5-7-13(17)8-6-12/h5-8H,2-4,9-10,19H2,1H3. The highest BCUT2D eigenvalue weighted by atomic mass is 35.5. The van der Waals surface area contributed by atoms with Crippen molar-refractivity contribution in [1.82, 2.24) is 9.78 Å². The number of aryl methyl sites for hydroxylation is 1. The Morgan fingerprint density at radius 3 is 2.62 bits per heavy atom. The molecule has 1 aromatic carbocycles. The number of nitriles is 1. The van der Waals surface area contributed by atoms with Gasteiger partial charge in [-0.15, -0.1) is 0 Å². The summed E-state index contributed by atoms with van der Waals surface area (Å²) < 4.78 is 1.75. The smallest absolute Gasteiger partial charge is 0.140 e. The van der Waals surface area contributed by atoms with Gasteiger partial charge in [0.25, 0.3) is 0 Å². The van der Waals surface area contributed by atoms with Crippen molar-refractivity contribution in [3.8, 4) is 6.07 Å². The van der Waals surface area contributed by atoms with Gasteiger partial charge in [0.15, 0.2) is 0 Å². The molecule has 0 aliphatic carbocycles. The number of benzene rings is 1. The van der Waals surface area contributed by atoms with Gasteiger partial charge >= 0.3 is 0 Å². The lowest BCUT2D eigenvalue weighted by Crippen LogP contribution is -2.05. The molecule has 2 rings (SSSR count). The Morgan fingerprint density at radius 2 is 2.00 bits per heavy atom. The lowest BCUT2D eigenvalue weighted by atomic mass is 10.1. The summed E-state index contributed by atoms with van der Waals surface area (Å²) in [6.45, 7) is 2.91. The number of unbranched alkanes of at least 4 members (excludes halogenated alkanes) is 2. The molecular weight excluding hydrogens is 284 g/mol. The highest BCUT2D eigenvalue weighted by Gasteiger charge is 2.15. The molecular formula is C16H19ClN4. The Kier molecular flexibility index (Phi) is 5.24. The Morgan fingerprint density at radius 1 is 1.29 bits per heavy atom. The second-order valence-electron chi connectivity index (χ2n) is 5.05. The average Bonchev–Trinajstić information content (AvgIpc) is 2.77. The molecule has 0 aliphatic rings. The first-order valence-electron chi connectivity index (χ1n) is 7.15. The van der Waals surface area contributed by atoms with Crippen molar-refractivity contribution in [2.45, 2.75) is 39.2 Å². The van der Waals surface area contributed by atoms with Gasteiger partial charge in [0.2, 0.25) is 0 Å². The van der Waals surface area contributed by atoms with E-state index in [0.29, 0.717) is 22.8 Å². The lowest BCUT2D eigenvalue weighted by molar-refractivity contribution is 0.555. The molecule has 0 bridgehead atoms. The molecule has 0 fully saturated rings. The van der Waals surface area contributed by atoms with Gasteiger partial charge in [-0.05, 0) is 24.1 Å². The molecule has 4 nitrogen and oxygen atoms in total. The number of hydrogen-bond donors (Lipinski definition) is 1. The van der Waals surface area contributed by atoms with Crippen molar-refractivity contribution in [3.05, 3.63) is 46.1 Å². The van der Waals surface area contributed by atoms with Crippen molar-refractivity contribution in [2.75, 3.05) is 5.73 Å². The number of hydrogen-bond acceptors (Lipinski definition) is 3. The summed E-state index contributed by atoms with van der Waals surface area (Å²) in [5, 5.41) is 14.5. The quantitative estimate of drug-likeness (QED) is 0.826. The number of aromatic nitrogens is 2. The van der Waals surface area contributed by atoms with Crippen LogP contribution in [0.4, 0.5) is 5.82 Å². The van der Waals surface area contributed by atoms with E-state index in [1.54, 1.807) is 4.68 Å². The minimum Gasteiger partial charge on any atom is -0.383 e. The van der Waals surface area contributed by atoms with Gasteiger partial charge in [-0.3, -0.25) is 0 Å². The van der Waals surface area contributed by atoms with Crippen molar-refractivity contribution < 1.29 is 0 Å². The van der Waals surface area contributed by atoms with E-state index in [1.165, 1.54) is 0 Å². The maximum atomic E-state index is 9.30. The van der Waals surface area contributed by atoms with E-state index in [-0.39, 0.29) is 0 Å². The van der Waals surface area contributed by atoms with Crippen LogP contribution in [0.5, 0.6) is 0 Å². The molecule has 0 amide bonds. The third-order valence-electron chi connectivity index (χ3n) is 3.43. The number of halogens is 1. The van der Waals surface area contributed by atoms with Gasteiger partial charge in [0.05, 0.1) is 5.69 Å². The van der Waals surface area contributed by atoms with E-state index in [1.807, 2.05) is 24.3 Å². The van der Waals surface area contributed by atoms with E-state index >= 15 is 0 Å². The van der Waals surface area contributed by atoms with Gasteiger partial charge < -0.3 is 5.73 Å². The Labute approximate surface area is 130 Å². The topological polar surface area (TPSA) is 67.6 Å². The second-order valence-corrected chi connectivity index (χ2v) is 5.49. The normalized spacial score (nSPS) is 10.5. The van der Waals surface area contributed by atoms with Gasteiger partial charge in [0, 0.05) is 18.0 Å². The molecule has 5 heteroatoms. The van der Waals surface area contributed by atoms with Crippen LogP contribution in [-0.2, 0) is 13.0 Å². The van der Waals surface area contributed by atoms with E-state index in [2.05, 4.69) is 18.1 Å². The summed E-state index contributed by atoms with van der Waals surface area (Å²) in [4.78, 5) is 0. The second kappa shape index (κ2) is 7.14. The number of nitrogens with two attached hydrogens (primary N) is 1. The lowest BCUT2D eigenvalue weighted by Gasteiger charge is -2.02. The average molecular weight is 303 g/mol. The molecule has 2 aromatic rings. The molecule has 0 atom stereocenters. The van der Waals surface area contributed by atoms with E-state index < -0.39 is 0 Å². The van der Waals surface area contributed by atoms with Crippen LogP contribution in [-0.4, -0.2) is 9.78 Å². The zero-order valence-corrected chi connectivity index (χ0v) is 12.9. The molecule has 2 N–H and O–H groups in total. The maximum Gasteiger partial charge on any atom is 0.140 e. The molecule has 110 valence electrons. The summed E-state index contributed by atoms with van der Waals surface area (Å²) in [7, 11) is 0. The molecule has 0 saturated carbocycles. The van der Waals surface area contributed by atoms with Crippen LogP contribution >= 0.6 is 11.6 Å². The summed E-state index contributed by atoms with van der Waals surface area (Å²) >= 11 is 5.88. The summed E-state index contributed by atoms with van der Waals surface area (Å²) in [6.07, 6.45) is 3.89. The third kappa shape index (κ3) is 3.77. The number of nitrogens with zero attached hydrogens (tertiary/aromatic N) is 3. The number of nitrogen functional groups attached to an aromatic ring is 1. The van der Waals surface area contributed by atoms with E-state index in [9.17, 15) is 5.26 Å². The predicted octanol–water partition coefficient (Wildman–Crippen LogP) is 3.77. The molecule has 0 unspecified atom stereocenters. The fourth-order valence-electron chi connectivity index (χ4n) is 2.25. The molecule has 0 radical (unpaired) electrons. The van der Waals surface area contributed by atoms with Crippen molar-refractivity contribution in [2.24, 2.45) is 0 Å². The van der Waals surface area contributed by atoms with Crippen LogP contribution in [0.25, 0.3) is 0 Å². The van der Waals surface area contributed by atoms with Crippen molar-refractivity contribution in [3.63, 3.8) is 0 Å². The SMILES string of the molecule is CCCCCn1nc(Cc2ccc(Cl)cc2)c(C#N)c1N. The van der Waals surface area contributed by atoms with E-state index in [0.717, 1.165) is 37.1 Å². The highest BCUT2D eigenvalue weighted by Crippen LogP contribution is 2.20. The zero-order chi connectivity index (χ0) is 15.2. The van der Waals surface area contributed by atoms with Gasteiger partial charge in [-0.1, -0.05) is 43.5 Å². The van der Waals surface area contributed by atoms with Crippen LogP contribution in [0.1, 0.15) is 43.0 Å². The number of anilines is 1. The summed E-state index contributed by atoms with van der Waals surface area (Å²) in [5.74, 6) is 0.470. The largest absolute Gasteiger partial charge is 0.383 e. The Balaban J connectivity index is 2.20. The highest BCUT2D eigenvalue weighted by molar-refractivity contribution is 6.30. The molecule has 21 heavy (non-hydrogen) atoms. The fourth-order valence-corrected chi connectivity index (χ4v) is 2.38. The fraction of sp³-hybridized carbons (Fsp3) is 0.375. The maximum absolute atomic E-state index is 9.30. The third-order valence-corrected chi connectivity index (χ3v) is 3.69. The first-order valence-corrected chi connectivity index (χ1v) is 7.53. The molecule has 0 saturated heterocycles. The monoisotopic (exact) mass is 302 g/mol. The van der Waals surface area contributed by atoms with Gasteiger partial charge in [-0.25, -0.2) is 4.68 Å². The molecule has 1 heterocycles. The van der Waals surface area contributed by atoms with Crippen molar-refractivity contribution in [1.29, 1.82) is 5.26 Å². The minimum atomic E-state index is 0.470. The summed E-state index contributed by atoms with van der Waals surface area (Å²) in [5.41, 5.74) is 8.31. The van der Waals surface area contributed by atoms with Crippen LogP contribution < -0.4 is 5.73 Å². The zero-order valence-electron chi connectivity index (χ0n) is 12.1. The summed E-state index contributed by atoms with van der Waals surface area (Å²) in [6, 6.07) is 9.73. The first kappa shape index (κ1) is 15.4. The van der Waals surface area contributed by atoms with Crippen LogP contribution in [0.15, 0.2) is 24.3 Å². The first-order chi connectivity index (χ1) is 10.2. The minimum absolute atomic E-state index is 0.470. The van der Waals surface area contributed by atoms with E-state index in [4.69, 9.17) is 17.3 Å². The van der Waals surface area contributed by atoms with Crippen LogP contribution in [0.3, 0.4) is 0 Å². The number of rotatable bonds is 6. The van der Waals surface area contributed by atoms with Crippen LogP contribution in [0, 0.1) is 11.3 Å². The molecule has 0 aliphatic heterocycles.